The molecular formula is C17H11N3O5S2. The second-order valence-corrected chi connectivity index (χ2v) is 7.00. The monoisotopic (exact) mass is 401 g/mol. The molecule has 8 nitrogen and oxygen atoms in total. The van der Waals surface area contributed by atoms with Gasteiger partial charge in [0.25, 0.3) is 17.5 Å². The van der Waals surface area contributed by atoms with Crippen LogP contribution in [0.2, 0.25) is 0 Å². The van der Waals surface area contributed by atoms with Crippen molar-refractivity contribution < 1.29 is 19.6 Å². The zero-order valence-corrected chi connectivity index (χ0v) is 15.1. The van der Waals surface area contributed by atoms with Gasteiger partial charge in [-0.05, 0) is 30.4 Å². The maximum Gasteiger partial charge on any atom is 0.285 e. The largest absolute Gasteiger partial charge is 0.507 e. The van der Waals surface area contributed by atoms with Crippen molar-refractivity contribution >= 4 is 51.9 Å². The summed E-state index contributed by atoms with van der Waals surface area (Å²) in [5.74, 6) is -1.27. The van der Waals surface area contributed by atoms with Gasteiger partial charge < -0.3 is 5.11 Å². The minimum absolute atomic E-state index is 0.00315. The molecule has 1 fully saturated rings. The highest BCUT2D eigenvalue weighted by Crippen LogP contribution is 2.33. The van der Waals surface area contributed by atoms with Crippen LogP contribution in [0.3, 0.4) is 0 Å². The van der Waals surface area contributed by atoms with Crippen LogP contribution in [0, 0.1) is 10.1 Å². The molecular weight excluding hydrogens is 390 g/mol. The molecule has 1 saturated heterocycles. The lowest BCUT2D eigenvalue weighted by atomic mass is 10.2. The molecule has 0 bridgehead atoms. The van der Waals surface area contributed by atoms with Crippen LogP contribution in [0.1, 0.15) is 15.9 Å². The molecule has 0 saturated carbocycles. The van der Waals surface area contributed by atoms with E-state index in [4.69, 9.17) is 12.2 Å². The third-order valence-electron chi connectivity index (χ3n) is 3.55. The maximum absolute atomic E-state index is 12.5. The number of aromatic hydroxyl groups is 1. The summed E-state index contributed by atoms with van der Waals surface area (Å²) in [5.41, 5.74) is 2.55. The number of nitro groups is 1. The number of carbonyl (C=O) groups is 2. The lowest BCUT2D eigenvalue weighted by molar-refractivity contribution is -0.384. The molecule has 2 aromatic carbocycles. The molecule has 136 valence electrons. The molecule has 3 rings (SSSR count). The number of hydrazine groups is 1. The Bertz CT molecular complexity index is 1010. The minimum Gasteiger partial charge on any atom is -0.507 e. The van der Waals surface area contributed by atoms with E-state index in [1.165, 1.54) is 30.3 Å². The van der Waals surface area contributed by atoms with E-state index >= 15 is 0 Å². The molecule has 0 atom stereocenters. The SMILES string of the molecule is O=C(NN1C(=O)/C(=C\c2ccccc2O)SC1=S)c1cccc([N+](=O)[O-])c1. The van der Waals surface area contributed by atoms with E-state index < -0.39 is 16.7 Å². The van der Waals surface area contributed by atoms with E-state index in [0.29, 0.717) is 5.56 Å². The second-order valence-electron chi connectivity index (χ2n) is 5.32. The highest BCUT2D eigenvalue weighted by molar-refractivity contribution is 8.26. The summed E-state index contributed by atoms with van der Waals surface area (Å²) in [6.45, 7) is 0. The molecule has 1 aliphatic rings. The van der Waals surface area contributed by atoms with Crippen LogP contribution in [0.25, 0.3) is 6.08 Å². The Labute approximate surface area is 162 Å². The van der Waals surface area contributed by atoms with Crippen molar-refractivity contribution in [2.24, 2.45) is 0 Å². The number of hydrogen-bond donors (Lipinski definition) is 2. The number of carbonyl (C=O) groups excluding carboxylic acids is 2. The summed E-state index contributed by atoms with van der Waals surface area (Å²) in [5, 5.41) is 21.5. The van der Waals surface area contributed by atoms with Gasteiger partial charge in [-0.15, -0.1) is 0 Å². The average molecular weight is 401 g/mol. The zero-order chi connectivity index (χ0) is 19.6. The molecule has 0 aromatic heterocycles. The third kappa shape index (κ3) is 3.96. The molecule has 0 aliphatic carbocycles. The number of amides is 2. The van der Waals surface area contributed by atoms with E-state index in [0.717, 1.165) is 22.8 Å². The van der Waals surface area contributed by atoms with Crippen LogP contribution in [-0.4, -0.2) is 31.2 Å². The van der Waals surface area contributed by atoms with Crippen molar-refractivity contribution in [3.05, 3.63) is 74.7 Å². The fourth-order valence-electron chi connectivity index (χ4n) is 2.24. The van der Waals surface area contributed by atoms with Crippen LogP contribution >= 0.6 is 24.0 Å². The number of nitrogens with one attached hydrogen (secondary N) is 1. The quantitative estimate of drug-likeness (QED) is 0.350. The highest BCUT2D eigenvalue weighted by atomic mass is 32.2. The van der Waals surface area contributed by atoms with Gasteiger partial charge in [0.1, 0.15) is 5.75 Å². The summed E-state index contributed by atoms with van der Waals surface area (Å²) in [6.07, 6.45) is 1.47. The standard InChI is InChI=1S/C17H11N3O5S2/c21-13-7-2-1-4-10(13)9-14-16(23)19(17(26)27-14)18-15(22)11-5-3-6-12(8-11)20(24)25/h1-9,21H,(H,18,22)/b14-9+. The number of nitrogens with zero attached hydrogens (tertiary/aromatic N) is 2. The summed E-state index contributed by atoms with van der Waals surface area (Å²) >= 11 is 6.09. The fourth-order valence-corrected chi connectivity index (χ4v) is 3.41. The van der Waals surface area contributed by atoms with Crippen molar-refractivity contribution in [2.75, 3.05) is 0 Å². The normalized spacial score (nSPS) is 15.3. The fraction of sp³-hybridized carbons (Fsp3) is 0. The van der Waals surface area contributed by atoms with Gasteiger partial charge in [-0.3, -0.25) is 25.1 Å². The van der Waals surface area contributed by atoms with Gasteiger partial charge in [-0.2, -0.15) is 5.01 Å². The highest BCUT2D eigenvalue weighted by Gasteiger charge is 2.34. The number of phenols is 1. The summed E-state index contributed by atoms with van der Waals surface area (Å²) in [6, 6.07) is 11.6. The summed E-state index contributed by atoms with van der Waals surface area (Å²) in [4.78, 5) is 35.3. The predicted molar refractivity (Wildman–Crippen MR) is 104 cm³/mol. The molecule has 1 aliphatic heterocycles. The Kier molecular flexibility index (Phi) is 5.19. The van der Waals surface area contributed by atoms with Gasteiger partial charge >= 0.3 is 0 Å². The van der Waals surface area contributed by atoms with Crippen LogP contribution in [0.5, 0.6) is 5.75 Å². The average Bonchev–Trinajstić information content (AvgIpc) is 2.91. The van der Waals surface area contributed by atoms with Crippen LogP contribution in [0.15, 0.2) is 53.4 Å². The first-order chi connectivity index (χ1) is 12.9. The molecule has 2 N–H and O–H groups in total. The smallest absolute Gasteiger partial charge is 0.285 e. The van der Waals surface area contributed by atoms with Crippen LogP contribution in [-0.2, 0) is 4.79 Å². The van der Waals surface area contributed by atoms with Crippen LogP contribution < -0.4 is 5.43 Å². The van der Waals surface area contributed by atoms with E-state index in [9.17, 15) is 24.8 Å². The Morgan fingerprint density at radius 1 is 1.26 bits per heavy atom. The number of nitro benzene ring substituents is 1. The van der Waals surface area contributed by atoms with E-state index in [1.54, 1.807) is 18.2 Å². The Morgan fingerprint density at radius 3 is 2.70 bits per heavy atom. The van der Waals surface area contributed by atoms with E-state index in [1.807, 2.05) is 0 Å². The zero-order valence-electron chi connectivity index (χ0n) is 13.5. The molecule has 10 heteroatoms. The van der Waals surface area contributed by atoms with Crippen molar-refractivity contribution in [2.45, 2.75) is 0 Å². The number of para-hydroxylation sites is 1. The third-order valence-corrected chi connectivity index (χ3v) is 4.85. The van der Waals surface area contributed by atoms with Crippen molar-refractivity contribution in [1.82, 2.24) is 10.4 Å². The van der Waals surface area contributed by atoms with Gasteiger partial charge in [-0.25, -0.2) is 0 Å². The Hall–Kier alpha value is -3.24. The number of phenolic OH excluding ortho intramolecular Hbond substituents is 1. The first-order valence-electron chi connectivity index (χ1n) is 7.48. The lowest BCUT2D eigenvalue weighted by Crippen LogP contribution is -2.44. The van der Waals surface area contributed by atoms with Crippen molar-refractivity contribution in [3.63, 3.8) is 0 Å². The van der Waals surface area contributed by atoms with Gasteiger partial charge in [0.05, 0.1) is 9.83 Å². The van der Waals surface area contributed by atoms with Gasteiger partial charge in [0.15, 0.2) is 4.32 Å². The van der Waals surface area contributed by atoms with Gasteiger partial charge in [0, 0.05) is 23.3 Å². The van der Waals surface area contributed by atoms with Crippen molar-refractivity contribution in [3.8, 4) is 5.75 Å². The van der Waals surface area contributed by atoms with E-state index in [-0.39, 0.29) is 26.2 Å². The second kappa shape index (κ2) is 7.56. The number of hydrogen-bond acceptors (Lipinski definition) is 7. The predicted octanol–water partition coefficient (Wildman–Crippen LogP) is 2.85. The first-order valence-corrected chi connectivity index (χ1v) is 8.70. The maximum atomic E-state index is 12.5. The molecule has 27 heavy (non-hydrogen) atoms. The summed E-state index contributed by atoms with van der Waals surface area (Å²) < 4.78 is 0.0976. The van der Waals surface area contributed by atoms with Gasteiger partial charge in [0.2, 0.25) is 0 Å². The number of non-ortho nitro benzene ring substituents is 1. The van der Waals surface area contributed by atoms with Gasteiger partial charge in [-0.1, -0.05) is 36.0 Å². The number of benzene rings is 2. The van der Waals surface area contributed by atoms with Crippen LogP contribution in [0.4, 0.5) is 5.69 Å². The number of thiocarbonyl (C=S) groups is 1. The number of rotatable bonds is 4. The molecule has 0 radical (unpaired) electrons. The van der Waals surface area contributed by atoms with E-state index in [2.05, 4.69) is 5.43 Å². The number of thioether (sulfide) groups is 1. The Morgan fingerprint density at radius 2 is 2.00 bits per heavy atom. The summed E-state index contributed by atoms with van der Waals surface area (Å²) in [7, 11) is 0. The molecule has 2 amide bonds. The minimum atomic E-state index is -0.709. The topological polar surface area (TPSA) is 113 Å². The molecule has 2 aromatic rings. The van der Waals surface area contributed by atoms with Crippen molar-refractivity contribution in [1.29, 1.82) is 0 Å². The first kappa shape index (κ1) is 18.5. The molecule has 1 heterocycles. The Balaban J connectivity index is 1.80. The lowest BCUT2D eigenvalue weighted by Gasteiger charge is -2.15. The molecule has 0 spiro atoms. The molecule has 0 unspecified atom stereocenters.